The minimum atomic E-state index is 0.661. The lowest BCUT2D eigenvalue weighted by atomic mass is 10.0. The van der Waals surface area contributed by atoms with Crippen LogP contribution in [0.5, 0.6) is 0 Å². The first-order valence-corrected chi connectivity index (χ1v) is 17.5. The standard InChI is InChI=1S/C45H28N4S/c1-5-14-29(15-6-1)32-24-27-39-38(28-32)34-25-26-36-35-22-13-23-37(41(35)50-42(36)40(34)49(39)33-20-11-4-12-21-33)45-47-43(30-16-7-2-8-17-30)46-44(48-45)31-18-9-3-10-19-31/h1-28H. The third-order valence-electron chi connectivity index (χ3n) is 9.45. The minimum Gasteiger partial charge on any atom is -0.308 e. The van der Waals surface area contributed by atoms with Crippen LogP contribution < -0.4 is 0 Å². The summed E-state index contributed by atoms with van der Waals surface area (Å²) in [6.07, 6.45) is 0. The molecule has 3 aromatic heterocycles. The fraction of sp³-hybridized carbons (Fsp3) is 0. The van der Waals surface area contributed by atoms with E-state index in [0.29, 0.717) is 17.5 Å². The number of nitrogens with zero attached hydrogens (tertiary/aromatic N) is 4. The van der Waals surface area contributed by atoms with Crippen LogP contribution in [0.15, 0.2) is 170 Å². The van der Waals surface area contributed by atoms with E-state index in [9.17, 15) is 0 Å². The Morgan fingerprint density at radius 2 is 0.940 bits per heavy atom. The van der Waals surface area contributed by atoms with E-state index in [-0.39, 0.29) is 0 Å². The topological polar surface area (TPSA) is 43.6 Å². The maximum atomic E-state index is 5.10. The Hall–Kier alpha value is -6.43. The average Bonchev–Trinajstić information content (AvgIpc) is 3.75. The van der Waals surface area contributed by atoms with Crippen molar-refractivity contribution in [2.75, 3.05) is 0 Å². The van der Waals surface area contributed by atoms with Gasteiger partial charge < -0.3 is 4.57 Å². The van der Waals surface area contributed by atoms with Gasteiger partial charge in [0, 0.05) is 48.6 Å². The first-order valence-electron chi connectivity index (χ1n) is 16.7. The number of hydrogen-bond donors (Lipinski definition) is 0. The molecule has 0 radical (unpaired) electrons. The Morgan fingerprint density at radius 3 is 1.60 bits per heavy atom. The smallest absolute Gasteiger partial charge is 0.165 e. The zero-order valence-electron chi connectivity index (χ0n) is 26.9. The third-order valence-corrected chi connectivity index (χ3v) is 10.7. The molecule has 0 aliphatic carbocycles. The number of para-hydroxylation sites is 1. The van der Waals surface area contributed by atoms with Crippen LogP contribution in [0.4, 0.5) is 0 Å². The maximum Gasteiger partial charge on any atom is 0.165 e. The number of fused-ring (bicyclic) bond motifs is 7. The summed E-state index contributed by atoms with van der Waals surface area (Å²) in [6.45, 7) is 0. The van der Waals surface area contributed by atoms with Crippen molar-refractivity contribution in [2.45, 2.75) is 0 Å². The van der Waals surface area contributed by atoms with Crippen molar-refractivity contribution in [1.82, 2.24) is 19.5 Å². The molecule has 0 spiro atoms. The summed E-state index contributed by atoms with van der Waals surface area (Å²) < 4.78 is 4.83. The molecule has 50 heavy (non-hydrogen) atoms. The summed E-state index contributed by atoms with van der Waals surface area (Å²) >= 11 is 1.82. The van der Waals surface area contributed by atoms with Gasteiger partial charge in [0.1, 0.15) is 0 Å². The summed E-state index contributed by atoms with van der Waals surface area (Å²) in [5, 5.41) is 4.90. The van der Waals surface area contributed by atoms with Crippen LogP contribution in [-0.4, -0.2) is 19.5 Å². The Labute approximate surface area is 292 Å². The van der Waals surface area contributed by atoms with Crippen LogP contribution in [-0.2, 0) is 0 Å². The van der Waals surface area contributed by atoms with Gasteiger partial charge >= 0.3 is 0 Å². The van der Waals surface area contributed by atoms with Gasteiger partial charge in [-0.3, -0.25) is 0 Å². The highest BCUT2D eigenvalue weighted by molar-refractivity contribution is 7.27. The van der Waals surface area contributed by atoms with Gasteiger partial charge in [0.2, 0.25) is 0 Å². The fourth-order valence-electron chi connectivity index (χ4n) is 7.11. The largest absolute Gasteiger partial charge is 0.308 e. The number of aromatic nitrogens is 4. The SMILES string of the molecule is c1ccc(-c2ccc3c(c2)c2ccc4c5cccc(-c6nc(-c7ccccc7)nc(-c7ccccc7)n6)c5sc4c2n3-c2ccccc2)cc1. The fourth-order valence-corrected chi connectivity index (χ4v) is 8.46. The molecule has 0 saturated heterocycles. The Balaban J connectivity index is 1.26. The number of hydrogen-bond acceptors (Lipinski definition) is 4. The van der Waals surface area contributed by atoms with Crippen LogP contribution in [0.25, 0.3) is 93.0 Å². The molecule has 0 fully saturated rings. The first-order chi connectivity index (χ1) is 24.8. The van der Waals surface area contributed by atoms with Crippen LogP contribution in [0.3, 0.4) is 0 Å². The molecule has 0 aliphatic heterocycles. The van der Waals surface area contributed by atoms with E-state index in [1.54, 1.807) is 0 Å². The predicted molar refractivity (Wildman–Crippen MR) is 209 cm³/mol. The quantitative estimate of drug-likeness (QED) is 0.185. The molecular formula is C45H28N4S. The second-order valence-corrected chi connectivity index (χ2v) is 13.5. The van der Waals surface area contributed by atoms with Gasteiger partial charge in [-0.1, -0.05) is 140 Å². The predicted octanol–water partition coefficient (Wildman–Crippen LogP) is 12.0. The van der Waals surface area contributed by atoms with Gasteiger partial charge in [0.05, 0.1) is 15.7 Å². The van der Waals surface area contributed by atoms with E-state index in [4.69, 9.17) is 15.0 Å². The van der Waals surface area contributed by atoms with Crippen LogP contribution in [0.2, 0.25) is 0 Å². The van der Waals surface area contributed by atoms with Gasteiger partial charge in [-0.25, -0.2) is 15.0 Å². The second-order valence-electron chi connectivity index (χ2n) is 12.4. The Morgan fingerprint density at radius 1 is 0.380 bits per heavy atom. The van der Waals surface area contributed by atoms with Crippen molar-refractivity contribution in [2.24, 2.45) is 0 Å². The summed E-state index contributed by atoms with van der Waals surface area (Å²) in [5.74, 6) is 1.99. The molecule has 0 unspecified atom stereocenters. The maximum absolute atomic E-state index is 5.10. The van der Waals surface area contributed by atoms with Gasteiger partial charge in [-0.15, -0.1) is 11.3 Å². The molecule has 0 saturated carbocycles. The molecule has 0 amide bonds. The van der Waals surface area contributed by atoms with Crippen molar-refractivity contribution in [3.05, 3.63) is 170 Å². The van der Waals surface area contributed by atoms with Gasteiger partial charge in [-0.2, -0.15) is 0 Å². The molecule has 0 aliphatic rings. The summed E-state index contributed by atoms with van der Waals surface area (Å²) in [4.78, 5) is 15.1. The molecule has 0 N–H and O–H groups in total. The molecule has 5 heteroatoms. The summed E-state index contributed by atoms with van der Waals surface area (Å²) in [7, 11) is 0. The molecule has 7 aromatic carbocycles. The minimum absolute atomic E-state index is 0.661. The zero-order valence-corrected chi connectivity index (χ0v) is 27.7. The third kappa shape index (κ3) is 4.63. The van der Waals surface area contributed by atoms with Gasteiger partial charge in [-0.05, 0) is 41.5 Å². The van der Waals surface area contributed by atoms with Gasteiger partial charge in [0.25, 0.3) is 0 Å². The van der Waals surface area contributed by atoms with Crippen LogP contribution >= 0.6 is 11.3 Å². The molecule has 10 aromatic rings. The Bertz CT molecular complexity index is 2780. The number of benzene rings is 7. The number of rotatable bonds is 5. The van der Waals surface area contributed by atoms with Crippen LogP contribution in [0.1, 0.15) is 0 Å². The first kappa shape index (κ1) is 28.6. The average molecular weight is 657 g/mol. The zero-order chi connectivity index (χ0) is 33.0. The van der Waals surface area contributed by atoms with Crippen molar-refractivity contribution in [1.29, 1.82) is 0 Å². The second kappa shape index (κ2) is 11.6. The highest BCUT2D eigenvalue weighted by Crippen LogP contribution is 2.46. The van der Waals surface area contributed by atoms with Gasteiger partial charge in [0.15, 0.2) is 17.5 Å². The molecule has 234 valence electrons. The van der Waals surface area contributed by atoms with E-state index in [1.165, 1.54) is 48.4 Å². The van der Waals surface area contributed by atoms with Crippen molar-refractivity contribution in [3.8, 4) is 51.0 Å². The lowest BCUT2D eigenvalue weighted by molar-refractivity contribution is 1.08. The molecule has 10 rings (SSSR count). The van der Waals surface area contributed by atoms with E-state index in [2.05, 4.69) is 138 Å². The monoisotopic (exact) mass is 656 g/mol. The van der Waals surface area contributed by atoms with E-state index < -0.39 is 0 Å². The highest BCUT2D eigenvalue weighted by Gasteiger charge is 2.21. The molecule has 0 atom stereocenters. The van der Waals surface area contributed by atoms with E-state index in [1.807, 2.05) is 47.7 Å². The number of thiophene rings is 1. The Kier molecular flexibility index (Phi) is 6.64. The van der Waals surface area contributed by atoms with Crippen LogP contribution in [0, 0.1) is 0 Å². The van der Waals surface area contributed by atoms with Crippen molar-refractivity contribution >= 4 is 53.3 Å². The summed E-state index contributed by atoms with van der Waals surface area (Å²) in [6, 6.07) is 59.6. The van der Waals surface area contributed by atoms with Crippen molar-refractivity contribution < 1.29 is 0 Å². The van der Waals surface area contributed by atoms with Crippen molar-refractivity contribution in [3.63, 3.8) is 0 Å². The highest BCUT2D eigenvalue weighted by atomic mass is 32.1. The molecule has 3 heterocycles. The molecule has 0 bridgehead atoms. The summed E-state index contributed by atoms with van der Waals surface area (Å²) in [5.41, 5.74) is 8.89. The molecular weight excluding hydrogens is 629 g/mol. The van der Waals surface area contributed by atoms with E-state index in [0.717, 1.165) is 27.1 Å². The lowest BCUT2D eigenvalue weighted by Crippen LogP contribution is -2.00. The normalized spacial score (nSPS) is 11.6. The molecule has 4 nitrogen and oxygen atoms in total. The lowest BCUT2D eigenvalue weighted by Gasteiger charge is -2.09. The van der Waals surface area contributed by atoms with E-state index >= 15 is 0 Å².